The van der Waals surface area contributed by atoms with Crippen molar-refractivity contribution in [2.45, 2.75) is 46.5 Å². The molecule has 0 radical (unpaired) electrons. The molecule has 0 saturated carbocycles. The van der Waals surface area contributed by atoms with Crippen molar-refractivity contribution in [2.75, 3.05) is 5.32 Å². The molecule has 0 bridgehead atoms. The molecule has 0 aliphatic carbocycles. The minimum atomic E-state index is -0.421. The lowest BCUT2D eigenvalue weighted by Gasteiger charge is -2.08. The number of nitrogens with zero attached hydrogens (tertiary/aromatic N) is 5. The van der Waals surface area contributed by atoms with Crippen LogP contribution in [0.2, 0.25) is 5.02 Å². The van der Waals surface area contributed by atoms with Crippen LogP contribution in [0.15, 0.2) is 18.2 Å². The molecule has 9 heteroatoms. The second kappa shape index (κ2) is 8.14. The van der Waals surface area contributed by atoms with Crippen molar-refractivity contribution in [3.8, 4) is 5.82 Å². The summed E-state index contributed by atoms with van der Waals surface area (Å²) in [5.41, 5.74) is 1.92. The number of halogens is 1. The summed E-state index contributed by atoms with van der Waals surface area (Å²) in [7, 11) is 0. The molecule has 27 heavy (non-hydrogen) atoms. The Morgan fingerprint density at radius 1 is 1.26 bits per heavy atom. The van der Waals surface area contributed by atoms with Crippen LogP contribution in [0, 0.1) is 13.8 Å². The Morgan fingerprint density at radius 2 is 2.00 bits per heavy atom. The van der Waals surface area contributed by atoms with E-state index < -0.39 is 5.91 Å². The van der Waals surface area contributed by atoms with Crippen molar-refractivity contribution >= 4 is 34.0 Å². The number of aryl methyl sites for hydroxylation is 2. The van der Waals surface area contributed by atoms with Gasteiger partial charge in [-0.2, -0.15) is 5.10 Å². The van der Waals surface area contributed by atoms with Crippen LogP contribution in [0.4, 0.5) is 5.13 Å². The van der Waals surface area contributed by atoms with Crippen LogP contribution in [0.5, 0.6) is 0 Å². The fraction of sp³-hybridized carbons (Fsp3) is 0.389. The molecule has 0 saturated heterocycles. The molecule has 1 N–H and O–H groups in total. The molecule has 3 rings (SSSR count). The number of aromatic nitrogens is 5. The van der Waals surface area contributed by atoms with E-state index in [0.717, 1.165) is 29.2 Å². The van der Waals surface area contributed by atoms with E-state index in [1.54, 1.807) is 16.8 Å². The number of amides is 1. The average Bonchev–Trinajstić information content (AvgIpc) is 3.22. The van der Waals surface area contributed by atoms with E-state index in [0.29, 0.717) is 16.9 Å². The Balaban J connectivity index is 1.85. The van der Waals surface area contributed by atoms with Crippen molar-refractivity contribution in [3.63, 3.8) is 0 Å². The third-order valence-electron chi connectivity index (χ3n) is 4.27. The topological polar surface area (TPSA) is 85.6 Å². The Labute approximate surface area is 166 Å². The molecule has 7 nitrogen and oxygen atoms in total. The average molecular weight is 405 g/mol. The second-order valence-corrected chi connectivity index (χ2v) is 7.67. The summed E-state index contributed by atoms with van der Waals surface area (Å²) in [6, 6.07) is 5.32. The van der Waals surface area contributed by atoms with E-state index in [1.165, 1.54) is 11.3 Å². The zero-order valence-electron chi connectivity index (χ0n) is 15.7. The van der Waals surface area contributed by atoms with Crippen LogP contribution in [0.25, 0.3) is 5.82 Å². The maximum Gasteiger partial charge on any atom is 0.277 e. The van der Waals surface area contributed by atoms with Crippen molar-refractivity contribution in [1.82, 2.24) is 25.0 Å². The maximum absolute atomic E-state index is 12.7. The van der Waals surface area contributed by atoms with Gasteiger partial charge in [0.15, 0.2) is 5.82 Å². The largest absolute Gasteiger partial charge is 0.295 e. The van der Waals surface area contributed by atoms with Gasteiger partial charge in [0.1, 0.15) is 10.7 Å². The highest BCUT2D eigenvalue weighted by Crippen LogP contribution is 2.28. The van der Waals surface area contributed by atoms with Gasteiger partial charge < -0.3 is 0 Å². The first-order valence-electron chi connectivity index (χ1n) is 8.77. The van der Waals surface area contributed by atoms with E-state index in [2.05, 4.69) is 39.4 Å². The van der Waals surface area contributed by atoms with Crippen LogP contribution in [-0.2, 0) is 0 Å². The van der Waals surface area contributed by atoms with Gasteiger partial charge in [0, 0.05) is 11.6 Å². The zero-order valence-corrected chi connectivity index (χ0v) is 17.2. The van der Waals surface area contributed by atoms with Gasteiger partial charge in [-0.3, -0.25) is 10.1 Å². The van der Waals surface area contributed by atoms with Gasteiger partial charge in [0.2, 0.25) is 5.13 Å². The minimum absolute atomic E-state index is 0.126. The summed E-state index contributed by atoms with van der Waals surface area (Å²) in [5.74, 6) is 0.463. The maximum atomic E-state index is 12.7. The first-order chi connectivity index (χ1) is 12.9. The standard InChI is InChI=1S/C18H21ClN6OS/c1-5-12(6-2)17-22-23-18(27-17)21-16(26)15-13(19)7-8-14(20-15)25-11(4)9-10(3)24-25/h7-9,12H,5-6H2,1-4H3,(H,21,23,26). The number of rotatable bonds is 6. The number of hydrogen-bond donors (Lipinski definition) is 1. The van der Waals surface area contributed by atoms with E-state index in [-0.39, 0.29) is 10.7 Å². The molecular formula is C18H21ClN6OS. The highest BCUT2D eigenvalue weighted by atomic mass is 35.5. The number of carbonyl (C=O) groups excluding carboxylic acids is 1. The smallest absolute Gasteiger partial charge is 0.277 e. The van der Waals surface area contributed by atoms with Crippen LogP contribution < -0.4 is 5.32 Å². The Bertz CT molecular complexity index is 963. The van der Waals surface area contributed by atoms with E-state index in [1.807, 2.05) is 19.9 Å². The molecule has 0 fully saturated rings. The SMILES string of the molecule is CCC(CC)c1nnc(NC(=O)c2nc(-n3nc(C)cc3C)ccc2Cl)s1. The molecule has 3 aromatic heterocycles. The molecule has 3 heterocycles. The third-order valence-corrected chi connectivity index (χ3v) is 5.58. The summed E-state index contributed by atoms with van der Waals surface area (Å²) in [6.07, 6.45) is 1.97. The van der Waals surface area contributed by atoms with E-state index in [9.17, 15) is 4.79 Å². The van der Waals surface area contributed by atoms with Gasteiger partial charge in [0.05, 0.1) is 10.7 Å². The van der Waals surface area contributed by atoms with E-state index in [4.69, 9.17) is 11.6 Å². The molecule has 0 aliphatic heterocycles. The van der Waals surface area contributed by atoms with Crippen LogP contribution in [0.1, 0.15) is 59.5 Å². The fourth-order valence-electron chi connectivity index (χ4n) is 2.81. The highest BCUT2D eigenvalue weighted by molar-refractivity contribution is 7.15. The predicted molar refractivity (Wildman–Crippen MR) is 107 cm³/mol. The molecule has 3 aromatic rings. The first-order valence-corrected chi connectivity index (χ1v) is 9.97. The summed E-state index contributed by atoms with van der Waals surface area (Å²) < 4.78 is 1.68. The molecular weight excluding hydrogens is 384 g/mol. The Kier molecular flexibility index (Phi) is 5.86. The monoisotopic (exact) mass is 404 g/mol. The van der Waals surface area contributed by atoms with Crippen molar-refractivity contribution < 1.29 is 4.79 Å². The normalized spacial score (nSPS) is 11.2. The van der Waals surface area contributed by atoms with Crippen molar-refractivity contribution in [2.24, 2.45) is 0 Å². The van der Waals surface area contributed by atoms with Gasteiger partial charge in [-0.25, -0.2) is 9.67 Å². The van der Waals surface area contributed by atoms with Crippen LogP contribution >= 0.6 is 22.9 Å². The molecule has 142 valence electrons. The minimum Gasteiger partial charge on any atom is -0.295 e. The molecule has 0 spiro atoms. The summed E-state index contributed by atoms with van der Waals surface area (Å²) in [4.78, 5) is 17.1. The lowest BCUT2D eigenvalue weighted by molar-refractivity contribution is 0.102. The summed E-state index contributed by atoms with van der Waals surface area (Å²) in [6.45, 7) is 8.06. The van der Waals surface area contributed by atoms with Gasteiger partial charge in [-0.05, 0) is 44.9 Å². The molecule has 0 unspecified atom stereocenters. The van der Waals surface area contributed by atoms with Crippen LogP contribution in [-0.4, -0.2) is 30.9 Å². The number of hydrogen-bond acceptors (Lipinski definition) is 6. The van der Waals surface area contributed by atoms with Crippen molar-refractivity contribution in [1.29, 1.82) is 0 Å². The number of carbonyl (C=O) groups is 1. The van der Waals surface area contributed by atoms with Crippen LogP contribution in [0.3, 0.4) is 0 Å². The van der Waals surface area contributed by atoms with E-state index >= 15 is 0 Å². The highest BCUT2D eigenvalue weighted by Gasteiger charge is 2.19. The van der Waals surface area contributed by atoms with Gasteiger partial charge in [-0.15, -0.1) is 10.2 Å². The van der Waals surface area contributed by atoms with Gasteiger partial charge >= 0.3 is 0 Å². The zero-order chi connectivity index (χ0) is 19.6. The quantitative estimate of drug-likeness (QED) is 0.651. The Hall–Kier alpha value is -2.32. The molecule has 0 aliphatic rings. The molecule has 1 amide bonds. The Morgan fingerprint density at radius 3 is 2.63 bits per heavy atom. The fourth-order valence-corrected chi connectivity index (χ4v) is 4.01. The summed E-state index contributed by atoms with van der Waals surface area (Å²) in [5, 5.41) is 17.0. The van der Waals surface area contributed by atoms with Gasteiger partial charge in [0.25, 0.3) is 5.91 Å². The third kappa shape index (κ3) is 4.17. The predicted octanol–water partition coefficient (Wildman–Crippen LogP) is 4.54. The second-order valence-electron chi connectivity index (χ2n) is 6.25. The lowest BCUT2D eigenvalue weighted by Crippen LogP contribution is -2.16. The summed E-state index contributed by atoms with van der Waals surface area (Å²) >= 11 is 7.59. The number of anilines is 1. The molecule has 0 aromatic carbocycles. The number of pyridine rings is 1. The molecule has 0 atom stereocenters. The lowest BCUT2D eigenvalue weighted by atomic mass is 10.1. The first kappa shape index (κ1) is 19.4. The van der Waals surface area contributed by atoms with Gasteiger partial charge in [-0.1, -0.05) is 36.8 Å². The number of nitrogens with one attached hydrogen (secondary N) is 1. The van der Waals surface area contributed by atoms with Crippen molar-refractivity contribution in [3.05, 3.63) is 45.3 Å².